The lowest BCUT2D eigenvalue weighted by Gasteiger charge is -2.21. The van der Waals surface area contributed by atoms with Crippen LogP contribution in [-0.2, 0) is 5.41 Å². The average Bonchev–Trinajstić information content (AvgIpc) is 3.32. The third kappa shape index (κ3) is 3.94. The summed E-state index contributed by atoms with van der Waals surface area (Å²) < 4.78 is 1.11. The maximum Gasteiger partial charge on any atom is 0.128 e. The van der Waals surface area contributed by atoms with E-state index in [-0.39, 0.29) is 11.2 Å². The summed E-state index contributed by atoms with van der Waals surface area (Å²) in [6, 6.07) is 30.9. The number of phenolic OH excluding ortho intramolecular Hbond substituents is 1. The van der Waals surface area contributed by atoms with E-state index in [1.807, 2.05) is 42.6 Å². The molecule has 2 heterocycles. The number of hydrogen-bond acceptors (Lipinski definition) is 4. The van der Waals surface area contributed by atoms with Crippen molar-refractivity contribution >= 4 is 32.3 Å². The van der Waals surface area contributed by atoms with E-state index in [4.69, 9.17) is 4.98 Å². The van der Waals surface area contributed by atoms with Crippen molar-refractivity contribution in [2.75, 3.05) is 0 Å². The van der Waals surface area contributed by atoms with E-state index in [2.05, 4.69) is 74.3 Å². The number of benzene rings is 4. The SMILES string of the molecule is CC(C)(C)c1cc(-c2cc(-c3ccccn3)cc3ccccc23)c2nc(-c3ccccc3O)sc2c1. The predicted octanol–water partition coefficient (Wildman–Crippen LogP) is 8.85. The highest BCUT2D eigenvalue weighted by molar-refractivity contribution is 7.21. The molecular weight excluding hydrogens is 460 g/mol. The van der Waals surface area contributed by atoms with Crippen molar-refractivity contribution in [1.29, 1.82) is 0 Å². The quantitative estimate of drug-likeness (QED) is 0.272. The van der Waals surface area contributed by atoms with Crippen LogP contribution in [-0.4, -0.2) is 15.1 Å². The maximum atomic E-state index is 10.5. The highest BCUT2D eigenvalue weighted by Crippen LogP contribution is 2.43. The Bertz CT molecular complexity index is 1730. The first-order valence-electron chi connectivity index (χ1n) is 12.1. The number of pyridine rings is 1. The third-order valence-electron chi connectivity index (χ3n) is 6.61. The molecule has 6 aromatic rings. The first kappa shape index (κ1) is 22.4. The van der Waals surface area contributed by atoms with E-state index in [0.717, 1.165) is 43.2 Å². The van der Waals surface area contributed by atoms with Crippen LogP contribution in [0.1, 0.15) is 26.3 Å². The zero-order chi connectivity index (χ0) is 24.9. The first-order chi connectivity index (χ1) is 17.4. The molecule has 0 spiro atoms. The lowest BCUT2D eigenvalue weighted by Crippen LogP contribution is -2.11. The molecule has 0 saturated heterocycles. The molecule has 176 valence electrons. The maximum absolute atomic E-state index is 10.5. The van der Waals surface area contributed by atoms with Gasteiger partial charge in [0.1, 0.15) is 10.8 Å². The van der Waals surface area contributed by atoms with Gasteiger partial charge in [-0.3, -0.25) is 4.98 Å². The molecule has 0 radical (unpaired) electrons. The van der Waals surface area contributed by atoms with Gasteiger partial charge in [0.05, 0.1) is 21.5 Å². The Kier molecular flexibility index (Phi) is 5.35. The van der Waals surface area contributed by atoms with Crippen molar-refractivity contribution in [3.63, 3.8) is 0 Å². The molecule has 0 atom stereocenters. The van der Waals surface area contributed by atoms with Crippen LogP contribution in [0.25, 0.3) is 53.9 Å². The number of phenols is 1. The van der Waals surface area contributed by atoms with E-state index in [1.54, 1.807) is 17.4 Å². The molecular formula is C32H26N2OS. The van der Waals surface area contributed by atoms with Crippen molar-refractivity contribution in [3.05, 3.63) is 103 Å². The number of thiazole rings is 1. The van der Waals surface area contributed by atoms with Crippen molar-refractivity contribution in [2.45, 2.75) is 26.2 Å². The number of hydrogen-bond donors (Lipinski definition) is 1. The van der Waals surface area contributed by atoms with E-state index in [9.17, 15) is 5.11 Å². The number of fused-ring (bicyclic) bond motifs is 2. The summed E-state index contributed by atoms with van der Waals surface area (Å²) >= 11 is 1.63. The molecule has 0 aliphatic rings. The van der Waals surface area contributed by atoms with Crippen LogP contribution < -0.4 is 0 Å². The van der Waals surface area contributed by atoms with E-state index >= 15 is 0 Å². The van der Waals surface area contributed by atoms with E-state index in [1.165, 1.54) is 16.3 Å². The molecule has 0 amide bonds. The van der Waals surface area contributed by atoms with Crippen LogP contribution in [0.15, 0.2) is 97.2 Å². The van der Waals surface area contributed by atoms with Crippen molar-refractivity contribution in [1.82, 2.24) is 9.97 Å². The Morgan fingerprint density at radius 3 is 2.31 bits per heavy atom. The van der Waals surface area contributed by atoms with Crippen molar-refractivity contribution in [2.24, 2.45) is 0 Å². The predicted molar refractivity (Wildman–Crippen MR) is 152 cm³/mol. The molecule has 4 aromatic carbocycles. The smallest absolute Gasteiger partial charge is 0.128 e. The van der Waals surface area contributed by atoms with Crippen LogP contribution >= 0.6 is 11.3 Å². The summed E-state index contributed by atoms with van der Waals surface area (Å²) in [4.78, 5) is 9.72. The molecule has 0 fully saturated rings. The highest BCUT2D eigenvalue weighted by Gasteiger charge is 2.21. The average molecular weight is 487 g/mol. The van der Waals surface area contributed by atoms with Gasteiger partial charge in [0.2, 0.25) is 0 Å². The minimum absolute atomic E-state index is 0.0314. The van der Waals surface area contributed by atoms with Crippen LogP contribution in [0.4, 0.5) is 0 Å². The lowest BCUT2D eigenvalue weighted by atomic mass is 9.84. The van der Waals surface area contributed by atoms with E-state index < -0.39 is 0 Å². The summed E-state index contributed by atoms with van der Waals surface area (Å²) in [6.07, 6.45) is 1.83. The van der Waals surface area contributed by atoms with Gasteiger partial charge in [-0.05, 0) is 75.8 Å². The second-order valence-corrected chi connectivity index (χ2v) is 11.1. The van der Waals surface area contributed by atoms with Crippen LogP contribution in [0.2, 0.25) is 0 Å². The van der Waals surface area contributed by atoms with Gasteiger partial charge in [-0.15, -0.1) is 11.3 Å². The fourth-order valence-electron chi connectivity index (χ4n) is 4.65. The topological polar surface area (TPSA) is 46.0 Å². The Balaban J connectivity index is 1.69. The molecule has 0 unspecified atom stereocenters. The Morgan fingerprint density at radius 2 is 1.53 bits per heavy atom. The molecule has 36 heavy (non-hydrogen) atoms. The summed E-state index contributed by atoms with van der Waals surface area (Å²) in [5.41, 5.74) is 7.20. The number of aromatic nitrogens is 2. The Hall–Kier alpha value is -4.02. The van der Waals surface area contributed by atoms with Crippen LogP contribution in [0.3, 0.4) is 0 Å². The molecule has 3 nitrogen and oxygen atoms in total. The summed E-state index contributed by atoms with van der Waals surface area (Å²) in [5.74, 6) is 0.247. The summed E-state index contributed by atoms with van der Waals surface area (Å²) in [5, 5.41) is 13.7. The monoisotopic (exact) mass is 486 g/mol. The minimum atomic E-state index is -0.0314. The van der Waals surface area contributed by atoms with Crippen molar-refractivity contribution < 1.29 is 5.11 Å². The third-order valence-corrected chi connectivity index (χ3v) is 7.64. The molecule has 0 aliphatic carbocycles. The second kappa shape index (κ2) is 8.58. The van der Waals surface area contributed by atoms with Gasteiger partial charge in [-0.2, -0.15) is 0 Å². The molecule has 0 aliphatic heterocycles. The Labute approximate surface area is 214 Å². The largest absolute Gasteiger partial charge is 0.507 e. The lowest BCUT2D eigenvalue weighted by molar-refractivity contribution is 0.477. The molecule has 6 rings (SSSR count). The molecule has 0 bridgehead atoms. The number of rotatable bonds is 3. The Morgan fingerprint density at radius 1 is 0.750 bits per heavy atom. The summed E-state index contributed by atoms with van der Waals surface area (Å²) in [7, 11) is 0. The normalized spacial score (nSPS) is 11.9. The zero-order valence-electron chi connectivity index (χ0n) is 20.5. The van der Waals surface area contributed by atoms with Gasteiger partial charge in [0.15, 0.2) is 0 Å². The van der Waals surface area contributed by atoms with Gasteiger partial charge < -0.3 is 5.11 Å². The summed E-state index contributed by atoms with van der Waals surface area (Å²) in [6.45, 7) is 6.72. The number of para-hydroxylation sites is 1. The number of aromatic hydroxyl groups is 1. The van der Waals surface area contributed by atoms with Crippen LogP contribution in [0, 0.1) is 0 Å². The second-order valence-electron chi connectivity index (χ2n) is 10.1. The van der Waals surface area contributed by atoms with Crippen LogP contribution in [0.5, 0.6) is 5.75 Å². The molecule has 1 N–H and O–H groups in total. The van der Waals surface area contributed by atoms with Gasteiger partial charge in [-0.1, -0.05) is 63.2 Å². The fraction of sp³-hybridized carbons (Fsp3) is 0.125. The van der Waals surface area contributed by atoms with Gasteiger partial charge in [0.25, 0.3) is 0 Å². The van der Waals surface area contributed by atoms with E-state index in [0.29, 0.717) is 0 Å². The standard InChI is InChI=1S/C32H26N2OS/c1-32(2,3)22-18-26(30-29(19-22)36-31(34-30)24-12-6-7-14-28(24)35)25-17-21(27-13-8-9-15-33-27)16-20-10-4-5-11-23(20)25/h4-19,35H,1-3H3. The van der Waals surface area contributed by atoms with Gasteiger partial charge >= 0.3 is 0 Å². The van der Waals surface area contributed by atoms with Gasteiger partial charge in [-0.25, -0.2) is 4.98 Å². The fourth-order valence-corrected chi connectivity index (χ4v) is 5.72. The molecule has 4 heteroatoms. The molecule has 2 aromatic heterocycles. The minimum Gasteiger partial charge on any atom is -0.507 e. The van der Waals surface area contributed by atoms with Gasteiger partial charge in [0, 0.05) is 17.3 Å². The highest BCUT2D eigenvalue weighted by atomic mass is 32.1. The zero-order valence-corrected chi connectivity index (χ0v) is 21.3. The first-order valence-corrected chi connectivity index (χ1v) is 12.9. The number of nitrogens with zero attached hydrogens (tertiary/aromatic N) is 2. The van der Waals surface area contributed by atoms with Crippen molar-refractivity contribution in [3.8, 4) is 38.7 Å². The molecule has 0 saturated carbocycles.